The van der Waals surface area contributed by atoms with Crippen LogP contribution in [-0.2, 0) is 11.0 Å². The largest absolute Gasteiger partial charge is 0.416 e. The molecule has 3 amide bonds. The molecule has 10 heteroatoms. The van der Waals surface area contributed by atoms with Crippen molar-refractivity contribution in [3.8, 4) is 11.4 Å². The van der Waals surface area contributed by atoms with Crippen LogP contribution in [0, 0.1) is 5.92 Å². The van der Waals surface area contributed by atoms with Crippen LogP contribution >= 0.6 is 0 Å². The second kappa shape index (κ2) is 8.91. The lowest BCUT2D eigenvalue weighted by Crippen LogP contribution is -2.61. The number of carbonyl (C=O) groups excluding carboxylic acids is 2. The monoisotopic (exact) mass is 450 g/mol. The summed E-state index contributed by atoms with van der Waals surface area (Å²) >= 11 is 0. The lowest BCUT2D eigenvalue weighted by Gasteiger charge is -2.41. The fraction of sp³-hybridized carbons (Fsp3) is 0.545. The van der Waals surface area contributed by atoms with Gasteiger partial charge in [0.25, 0.3) is 0 Å². The van der Waals surface area contributed by atoms with Crippen molar-refractivity contribution in [1.82, 2.24) is 20.4 Å². The van der Waals surface area contributed by atoms with Crippen LogP contribution in [0.4, 0.5) is 18.0 Å². The van der Waals surface area contributed by atoms with E-state index in [1.807, 2.05) is 0 Å². The molecule has 2 fully saturated rings. The van der Waals surface area contributed by atoms with Gasteiger partial charge in [-0.05, 0) is 37.8 Å². The first-order valence-corrected chi connectivity index (χ1v) is 10.9. The zero-order valence-corrected chi connectivity index (χ0v) is 17.7. The smallest absolute Gasteiger partial charge is 0.339 e. The number of urea groups is 1. The van der Waals surface area contributed by atoms with Crippen LogP contribution in [0.15, 0.2) is 28.8 Å². The number of fused-ring (bicyclic) bond motifs is 1. The van der Waals surface area contributed by atoms with E-state index in [1.165, 1.54) is 17.0 Å². The van der Waals surface area contributed by atoms with Gasteiger partial charge in [0.05, 0.1) is 11.5 Å². The predicted molar refractivity (Wildman–Crippen MR) is 108 cm³/mol. The molecule has 0 bridgehead atoms. The molecule has 3 unspecified atom stereocenters. The first-order valence-electron chi connectivity index (χ1n) is 10.9. The maximum Gasteiger partial charge on any atom is 0.416 e. The third-order valence-corrected chi connectivity index (χ3v) is 6.21. The summed E-state index contributed by atoms with van der Waals surface area (Å²) < 4.78 is 44.3. The number of rotatable bonds is 6. The molecule has 0 radical (unpaired) electrons. The van der Waals surface area contributed by atoms with E-state index < -0.39 is 11.7 Å². The Balaban J connectivity index is 1.45. The molecule has 3 atom stereocenters. The Morgan fingerprint density at radius 3 is 2.78 bits per heavy atom. The summed E-state index contributed by atoms with van der Waals surface area (Å²) in [6.45, 7) is 2.49. The number of imide groups is 1. The molecule has 2 heterocycles. The molecule has 1 saturated carbocycles. The van der Waals surface area contributed by atoms with Gasteiger partial charge in [-0.2, -0.15) is 18.2 Å². The van der Waals surface area contributed by atoms with Crippen LogP contribution in [0.2, 0.25) is 0 Å². The molecule has 0 spiro atoms. The third kappa shape index (κ3) is 4.49. The molecule has 1 saturated heterocycles. The molecular weight excluding hydrogens is 425 g/mol. The van der Waals surface area contributed by atoms with Crippen LogP contribution in [0.25, 0.3) is 11.4 Å². The van der Waals surface area contributed by atoms with Crippen LogP contribution < -0.4 is 5.32 Å². The Morgan fingerprint density at radius 1 is 1.22 bits per heavy atom. The van der Waals surface area contributed by atoms with Gasteiger partial charge >= 0.3 is 12.2 Å². The number of hydrogen-bond donors (Lipinski definition) is 1. The molecule has 172 valence electrons. The van der Waals surface area contributed by atoms with Crippen molar-refractivity contribution >= 4 is 11.9 Å². The van der Waals surface area contributed by atoms with Crippen molar-refractivity contribution in [2.75, 3.05) is 6.54 Å². The summed E-state index contributed by atoms with van der Waals surface area (Å²) in [4.78, 5) is 30.9. The molecule has 4 rings (SSSR count). The number of aromatic nitrogens is 2. The second-order valence-electron chi connectivity index (χ2n) is 8.40. The second-order valence-corrected chi connectivity index (χ2v) is 8.40. The number of unbranched alkanes of at least 4 members (excludes halogenated alkanes) is 2. The van der Waals surface area contributed by atoms with Crippen molar-refractivity contribution in [2.24, 2.45) is 5.92 Å². The zero-order valence-electron chi connectivity index (χ0n) is 17.7. The number of amides is 3. The molecule has 7 nitrogen and oxygen atoms in total. The Bertz CT molecular complexity index is 991. The Kier molecular flexibility index (Phi) is 6.21. The van der Waals surface area contributed by atoms with E-state index in [2.05, 4.69) is 22.4 Å². The number of benzene rings is 1. The minimum Gasteiger partial charge on any atom is -0.339 e. The number of hydrogen-bond acceptors (Lipinski definition) is 5. The van der Waals surface area contributed by atoms with E-state index in [4.69, 9.17) is 4.52 Å². The highest BCUT2D eigenvalue weighted by Crippen LogP contribution is 2.39. The lowest BCUT2D eigenvalue weighted by atomic mass is 9.76. The summed E-state index contributed by atoms with van der Waals surface area (Å²) in [7, 11) is 0. The van der Waals surface area contributed by atoms with Gasteiger partial charge in [-0.15, -0.1) is 0 Å². The van der Waals surface area contributed by atoms with Crippen molar-refractivity contribution in [3.63, 3.8) is 0 Å². The average molecular weight is 450 g/mol. The molecular formula is C22H25F3N4O3. The minimum absolute atomic E-state index is 0.0825. The quantitative estimate of drug-likeness (QED) is 0.642. The molecule has 1 aromatic heterocycles. The van der Waals surface area contributed by atoms with E-state index in [0.29, 0.717) is 31.7 Å². The SMILES string of the molecule is CCCCCN1C(=O)NC2CC(c3nc(-c4cccc(C(F)(F)F)c4)no3)CCC2C1=O. The molecule has 2 aromatic rings. The average Bonchev–Trinajstić information content (AvgIpc) is 3.25. The fourth-order valence-electron chi connectivity index (χ4n) is 4.47. The fourth-order valence-corrected chi connectivity index (χ4v) is 4.47. The summed E-state index contributed by atoms with van der Waals surface area (Å²) in [5, 5.41) is 6.80. The normalized spacial score (nSPS) is 23.8. The van der Waals surface area contributed by atoms with Gasteiger partial charge in [0.1, 0.15) is 0 Å². The van der Waals surface area contributed by atoms with Crippen LogP contribution in [-0.4, -0.2) is 39.6 Å². The minimum atomic E-state index is -4.46. The highest BCUT2D eigenvalue weighted by Gasteiger charge is 2.45. The van der Waals surface area contributed by atoms with Gasteiger partial charge in [-0.25, -0.2) is 4.79 Å². The third-order valence-electron chi connectivity index (χ3n) is 6.21. The first-order chi connectivity index (χ1) is 15.3. The summed E-state index contributed by atoms with van der Waals surface area (Å²) in [6.07, 6.45) is -0.0549. The van der Waals surface area contributed by atoms with Gasteiger partial charge < -0.3 is 9.84 Å². The maximum atomic E-state index is 13.0. The highest BCUT2D eigenvalue weighted by atomic mass is 19.4. The Labute approximate surface area is 183 Å². The maximum absolute atomic E-state index is 13.0. The van der Waals surface area contributed by atoms with Crippen LogP contribution in [0.1, 0.15) is 62.8 Å². The number of nitrogens with one attached hydrogen (secondary N) is 1. The summed E-state index contributed by atoms with van der Waals surface area (Å²) in [5.41, 5.74) is -0.568. The van der Waals surface area contributed by atoms with E-state index in [9.17, 15) is 22.8 Å². The highest BCUT2D eigenvalue weighted by molar-refractivity contribution is 5.98. The molecule has 1 aromatic carbocycles. The molecule has 1 N–H and O–H groups in total. The predicted octanol–water partition coefficient (Wildman–Crippen LogP) is 4.75. The van der Waals surface area contributed by atoms with Gasteiger partial charge in [-0.3, -0.25) is 9.69 Å². The number of alkyl halides is 3. The molecule has 2 aliphatic rings. The number of nitrogens with zero attached hydrogens (tertiary/aromatic N) is 3. The van der Waals surface area contributed by atoms with Crippen LogP contribution in [0.5, 0.6) is 0 Å². The van der Waals surface area contributed by atoms with E-state index in [1.54, 1.807) is 0 Å². The van der Waals surface area contributed by atoms with Gasteiger partial charge in [0.15, 0.2) is 0 Å². The standard InChI is InChI=1S/C22H25F3N4O3/c1-2-3-4-10-29-20(30)16-9-8-14(12-17(16)26-21(29)31)19-27-18(28-32-19)13-6-5-7-15(11-13)22(23,24)25/h5-7,11,14,16-17H,2-4,8-10,12H2,1H3,(H,26,31). The molecule has 1 aliphatic heterocycles. The zero-order chi connectivity index (χ0) is 22.9. The number of halogens is 3. The van der Waals surface area contributed by atoms with E-state index in [0.717, 1.165) is 31.4 Å². The van der Waals surface area contributed by atoms with Gasteiger partial charge in [0, 0.05) is 24.1 Å². The van der Waals surface area contributed by atoms with Gasteiger partial charge in [0.2, 0.25) is 17.6 Å². The van der Waals surface area contributed by atoms with Crippen molar-refractivity contribution in [1.29, 1.82) is 0 Å². The molecule has 1 aliphatic carbocycles. The topological polar surface area (TPSA) is 88.3 Å². The Hall–Kier alpha value is -2.91. The van der Waals surface area contributed by atoms with Crippen LogP contribution in [0.3, 0.4) is 0 Å². The van der Waals surface area contributed by atoms with Gasteiger partial charge in [-0.1, -0.05) is 37.1 Å². The lowest BCUT2D eigenvalue weighted by molar-refractivity contribution is -0.138. The molecule has 32 heavy (non-hydrogen) atoms. The number of carbonyl (C=O) groups is 2. The van der Waals surface area contributed by atoms with E-state index >= 15 is 0 Å². The van der Waals surface area contributed by atoms with Crippen molar-refractivity contribution in [2.45, 2.75) is 63.6 Å². The summed E-state index contributed by atoms with van der Waals surface area (Å²) in [5.74, 6) is -0.204. The van der Waals surface area contributed by atoms with Crippen molar-refractivity contribution < 1.29 is 27.3 Å². The summed E-state index contributed by atoms with van der Waals surface area (Å²) in [6, 6.07) is 4.07. The van der Waals surface area contributed by atoms with E-state index in [-0.39, 0.29) is 41.2 Å². The van der Waals surface area contributed by atoms with Crippen molar-refractivity contribution in [3.05, 3.63) is 35.7 Å². The Morgan fingerprint density at radius 2 is 2.03 bits per heavy atom. The first kappa shape index (κ1) is 22.3.